The van der Waals surface area contributed by atoms with Crippen LogP contribution in [0, 0.1) is 17.3 Å². The molecule has 2 aliphatic carbocycles. The maximum absolute atomic E-state index is 6.58. The molecule has 118 valence electrons. The summed E-state index contributed by atoms with van der Waals surface area (Å²) in [5.41, 5.74) is 2.67. The van der Waals surface area contributed by atoms with Crippen LogP contribution in [0.25, 0.3) is 0 Å². The van der Waals surface area contributed by atoms with Gasteiger partial charge in [-0.15, -0.1) is 0 Å². The minimum Gasteiger partial charge on any atom is -0.314 e. The molecule has 21 heavy (non-hydrogen) atoms. The number of rotatable bonds is 6. The van der Waals surface area contributed by atoms with E-state index in [0.29, 0.717) is 11.5 Å². The monoisotopic (exact) mass is 309 g/mol. The summed E-state index contributed by atoms with van der Waals surface area (Å²) < 4.78 is 2.02. The van der Waals surface area contributed by atoms with Crippen LogP contribution in [-0.4, -0.2) is 22.4 Å². The van der Waals surface area contributed by atoms with E-state index in [2.05, 4.69) is 31.2 Å². The normalized spacial score (nSPS) is 31.0. The van der Waals surface area contributed by atoms with Gasteiger partial charge in [0.15, 0.2) is 0 Å². The van der Waals surface area contributed by atoms with Crippen molar-refractivity contribution < 1.29 is 0 Å². The zero-order valence-electron chi connectivity index (χ0n) is 13.7. The molecule has 1 aromatic rings. The molecule has 0 amide bonds. The lowest BCUT2D eigenvalue weighted by Crippen LogP contribution is -2.38. The number of hydrogen-bond donors (Lipinski definition) is 1. The number of hydrogen-bond acceptors (Lipinski definition) is 2. The molecule has 0 saturated heterocycles. The molecule has 2 aliphatic rings. The summed E-state index contributed by atoms with van der Waals surface area (Å²) in [4.78, 5) is 0. The average Bonchev–Trinajstić information content (AvgIpc) is 2.97. The van der Waals surface area contributed by atoms with Crippen LogP contribution in [0.1, 0.15) is 51.4 Å². The molecular formula is C17H28ClN3. The van der Waals surface area contributed by atoms with E-state index in [9.17, 15) is 0 Å². The molecule has 0 aromatic carbocycles. The van der Waals surface area contributed by atoms with Gasteiger partial charge in [0.05, 0.1) is 16.4 Å². The molecule has 1 aromatic heterocycles. The van der Waals surface area contributed by atoms with Gasteiger partial charge in [-0.25, -0.2) is 0 Å². The van der Waals surface area contributed by atoms with Crippen molar-refractivity contribution in [2.45, 2.75) is 58.9 Å². The molecule has 2 atom stereocenters. The fourth-order valence-electron chi connectivity index (χ4n) is 4.14. The third-order valence-corrected chi connectivity index (χ3v) is 5.83. The van der Waals surface area contributed by atoms with Crippen LogP contribution in [0.15, 0.2) is 0 Å². The standard InChI is InChI=1S/C17H28ClN3/c1-5-14-16(18)15(21(4)20-14)9-17(10-19-11(2)3)7-12-6-13(12)8-17/h11-13,19H,5-10H2,1-4H3. The highest BCUT2D eigenvalue weighted by molar-refractivity contribution is 6.31. The Balaban J connectivity index is 1.80. The van der Waals surface area contributed by atoms with Crippen LogP contribution in [0.3, 0.4) is 0 Å². The van der Waals surface area contributed by atoms with E-state index in [1.165, 1.54) is 25.0 Å². The van der Waals surface area contributed by atoms with Crippen LogP contribution in [-0.2, 0) is 19.9 Å². The third-order valence-electron chi connectivity index (χ3n) is 5.39. The fraction of sp³-hybridized carbons (Fsp3) is 0.824. The van der Waals surface area contributed by atoms with E-state index in [1.807, 2.05) is 11.7 Å². The van der Waals surface area contributed by atoms with Crippen molar-refractivity contribution in [3.8, 4) is 0 Å². The van der Waals surface area contributed by atoms with Gasteiger partial charge in [-0.05, 0) is 49.4 Å². The average molecular weight is 310 g/mol. The van der Waals surface area contributed by atoms with Crippen LogP contribution in [0.4, 0.5) is 0 Å². The Morgan fingerprint density at radius 2 is 2.05 bits per heavy atom. The van der Waals surface area contributed by atoms with Gasteiger partial charge >= 0.3 is 0 Å². The van der Waals surface area contributed by atoms with E-state index in [0.717, 1.165) is 41.9 Å². The lowest BCUT2D eigenvalue weighted by molar-refractivity contribution is 0.236. The summed E-state index contributed by atoms with van der Waals surface area (Å²) in [7, 11) is 2.04. The van der Waals surface area contributed by atoms with Crippen molar-refractivity contribution in [1.29, 1.82) is 0 Å². The molecule has 2 saturated carbocycles. The first-order valence-corrected chi connectivity index (χ1v) is 8.75. The molecule has 1 heterocycles. The zero-order valence-corrected chi connectivity index (χ0v) is 14.5. The predicted molar refractivity (Wildman–Crippen MR) is 87.7 cm³/mol. The smallest absolute Gasteiger partial charge is 0.0849 e. The maximum atomic E-state index is 6.58. The highest BCUT2D eigenvalue weighted by Gasteiger charge is 2.53. The lowest BCUT2D eigenvalue weighted by atomic mass is 9.78. The highest BCUT2D eigenvalue weighted by Crippen LogP contribution is 2.60. The lowest BCUT2D eigenvalue weighted by Gasteiger charge is -2.32. The predicted octanol–water partition coefficient (Wildman–Crippen LogP) is 3.59. The quantitative estimate of drug-likeness (QED) is 0.870. The summed E-state index contributed by atoms with van der Waals surface area (Å²) in [5, 5.41) is 9.18. The number of aryl methyl sites for hydroxylation is 2. The van der Waals surface area contributed by atoms with Gasteiger partial charge in [0.2, 0.25) is 0 Å². The summed E-state index contributed by atoms with van der Waals surface area (Å²) in [6.45, 7) is 7.70. The molecular weight excluding hydrogens is 282 g/mol. The molecule has 1 N–H and O–H groups in total. The first-order valence-electron chi connectivity index (χ1n) is 8.38. The van der Waals surface area contributed by atoms with Crippen LogP contribution in [0.5, 0.6) is 0 Å². The minimum atomic E-state index is 0.389. The van der Waals surface area contributed by atoms with Crippen molar-refractivity contribution in [3.63, 3.8) is 0 Å². The second-order valence-electron chi connectivity index (χ2n) is 7.56. The van der Waals surface area contributed by atoms with Crippen molar-refractivity contribution in [2.24, 2.45) is 24.3 Å². The summed E-state index contributed by atoms with van der Waals surface area (Å²) >= 11 is 6.58. The van der Waals surface area contributed by atoms with Crippen LogP contribution in [0.2, 0.25) is 5.02 Å². The Bertz CT molecular complexity index is 510. The SMILES string of the molecule is CCc1nn(C)c(CC2(CNC(C)C)CC3CC3C2)c1Cl. The molecule has 3 nitrogen and oxygen atoms in total. The second kappa shape index (κ2) is 5.58. The molecule has 2 unspecified atom stereocenters. The summed E-state index contributed by atoms with van der Waals surface area (Å²) in [6, 6.07) is 0.548. The van der Waals surface area contributed by atoms with Gasteiger partial charge in [-0.1, -0.05) is 32.4 Å². The van der Waals surface area contributed by atoms with E-state index in [4.69, 9.17) is 11.6 Å². The minimum absolute atomic E-state index is 0.389. The van der Waals surface area contributed by atoms with Gasteiger partial charge in [0.25, 0.3) is 0 Å². The molecule has 4 heteroatoms. The van der Waals surface area contributed by atoms with E-state index in [1.54, 1.807) is 0 Å². The number of fused-ring (bicyclic) bond motifs is 1. The number of aromatic nitrogens is 2. The fourth-order valence-corrected chi connectivity index (χ4v) is 4.51. The van der Waals surface area contributed by atoms with E-state index >= 15 is 0 Å². The highest BCUT2D eigenvalue weighted by atomic mass is 35.5. The van der Waals surface area contributed by atoms with E-state index in [-0.39, 0.29) is 0 Å². The Kier molecular flexibility index (Phi) is 4.08. The number of halogens is 1. The zero-order chi connectivity index (χ0) is 15.2. The van der Waals surface area contributed by atoms with Crippen LogP contribution < -0.4 is 5.32 Å². The Morgan fingerprint density at radius 1 is 1.38 bits per heavy atom. The largest absolute Gasteiger partial charge is 0.314 e. The van der Waals surface area contributed by atoms with Gasteiger partial charge in [0.1, 0.15) is 0 Å². The molecule has 2 fully saturated rings. The van der Waals surface area contributed by atoms with Crippen molar-refractivity contribution in [1.82, 2.24) is 15.1 Å². The van der Waals surface area contributed by atoms with E-state index < -0.39 is 0 Å². The molecule has 0 spiro atoms. The summed E-state index contributed by atoms with van der Waals surface area (Å²) in [5.74, 6) is 1.97. The first-order chi connectivity index (χ1) is 9.94. The molecule has 0 bridgehead atoms. The van der Waals surface area contributed by atoms with Crippen LogP contribution >= 0.6 is 11.6 Å². The molecule has 3 rings (SSSR count). The van der Waals surface area contributed by atoms with Crippen molar-refractivity contribution in [3.05, 3.63) is 16.4 Å². The van der Waals surface area contributed by atoms with Crippen molar-refractivity contribution in [2.75, 3.05) is 6.54 Å². The third kappa shape index (κ3) is 3.00. The summed E-state index contributed by atoms with van der Waals surface area (Å²) in [6.07, 6.45) is 6.17. The second-order valence-corrected chi connectivity index (χ2v) is 7.94. The Labute approximate surface area is 133 Å². The van der Waals surface area contributed by atoms with Crippen molar-refractivity contribution >= 4 is 11.6 Å². The van der Waals surface area contributed by atoms with Gasteiger partial charge < -0.3 is 5.32 Å². The Morgan fingerprint density at radius 3 is 2.57 bits per heavy atom. The van der Waals surface area contributed by atoms with Gasteiger partial charge in [-0.2, -0.15) is 5.10 Å². The van der Waals surface area contributed by atoms with Gasteiger partial charge in [0, 0.05) is 19.6 Å². The number of nitrogens with zero attached hydrogens (tertiary/aromatic N) is 2. The molecule has 0 radical (unpaired) electrons. The van der Waals surface area contributed by atoms with Gasteiger partial charge in [-0.3, -0.25) is 4.68 Å². The topological polar surface area (TPSA) is 29.9 Å². The Hall–Kier alpha value is -0.540. The molecule has 0 aliphatic heterocycles. The first kappa shape index (κ1) is 15.4. The maximum Gasteiger partial charge on any atom is 0.0849 e. The number of nitrogens with one attached hydrogen (secondary N) is 1.